The van der Waals surface area contributed by atoms with Crippen LogP contribution in [0.2, 0.25) is 0 Å². The summed E-state index contributed by atoms with van der Waals surface area (Å²) in [6.45, 7) is 2.60. The summed E-state index contributed by atoms with van der Waals surface area (Å²) in [6.07, 6.45) is 2.39. The van der Waals surface area contributed by atoms with E-state index in [2.05, 4.69) is 5.32 Å². The Morgan fingerprint density at radius 2 is 2.11 bits per heavy atom. The zero-order chi connectivity index (χ0) is 13.3. The van der Waals surface area contributed by atoms with E-state index in [1.165, 1.54) is 12.8 Å². The van der Waals surface area contributed by atoms with Gasteiger partial charge in [-0.1, -0.05) is 0 Å². The first-order valence-corrected chi connectivity index (χ1v) is 6.24. The van der Waals surface area contributed by atoms with Crippen LogP contribution in [0, 0.1) is 11.3 Å². The molecule has 0 aromatic heterocycles. The quantitative estimate of drug-likeness (QED) is 0.699. The highest BCUT2D eigenvalue weighted by Crippen LogP contribution is 2.35. The lowest BCUT2D eigenvalue weighted by Crippen LogP contribution is -2.50. The van der Waals surface area contributed by atoms with Crippen molar-refractivity contribution < 1.29 is 14.3 Å². The topological polar surface area (TPSA) is 74.7 Å². The minimum Gasteiger partial charge on any atom is -0.356 e. The van der Waals surface area contributed by atoms with Gasteiger partial charge in [-0.25, -0.2) is 4.79 Å². The van der Waals surface area contributed by atoms with E-state index in [1.54, 1.807) is 19.1 Å². The van der Waals surface area contributed by atoms with E-state index >= 15 is 0 Å². The summed E-state index contributed by atoms with van der Waals surface area (Å²) in [5, 5.41) is 10.6. The molecule has 6 heteroatoms. The van der Waals surface area contributed by atoms with Gasteiger partial charge in [-0.2, -0.15) is 0 Å². The maximum absolute atomic E-state index is 11.9. The summed E-state index contributed by atoms with van der Waals surface area (Å²) >= 11 is 0. The lowest BCUT2D eigenvalue weighted by Gasteiger charge is -2.35. The van der Waals surface area contributed by atoms with Gasteiger partial charge in [0.25, 0.3) is 0 Å². The fourth-order valence-electron chi connectivity index (χ4n) is 2.31. The van der Waals surface area contributed by atoms with Gasteiger partial charge >= 0.3 is 6.03 Å². The summed E-state index contributed by atoms with van der Waals surface area (Å²) in [5.74, 6) is 0.816. The highest BCUT2D eigenvalue weighted by Gasteiger charge is 2.49. The molecule has 0 spiro atoms. The minimum absolute atomic E-state index is 0.180. The van der Waals surface area contributed by atoms with Crippen LogP contribution >= 0.6 is 0 Å². The molecule has 1 heterocycles. The van der Waals surface area contributed by atoms with Gasteiger partial charge in [-0.15, -0.1) is 0 Å². The maximum atomic E-state index is 11.9. The van der Waals surface area contributed by atoms with Crippen molar-refractivity contribution in [3.63, 3.8) is 0 Å². The van der Waals surface area contributed by atoms with Crippen molar-refractivity contribution in [2.45, 2.75) is 38.0 Å². The number of methoxy groups -OCH3 is 2. The van der Waals surface area contributed by atoms with Crippen LogP contribution in [0.3, 0.4) is 0 Å². The number of hydrogen-bond acceptors (Lipinski definition) is 4. The van der Waals surface area contributed by atoms with Crippen LogP contribution in [-0.4, -0.2) is 49.4 Å². The molecule has 0 aromatic carbocycles. The summed E-state index contributed by atoms with van der Waals surface area (Å²) in [7, 11) is 3.13. The minimum atomic E-state index is -0.656. The third kappa shape index (κ3) is 2.35. The molecule has 0 aromatic rings. The Morgan fingerprint density at radius 1 is 1.50 bits per heavy atom. The molecular weight excluding hydrogens is 234 g/mol. The van der Waals surface area contributed by atoms with Gasteiger partial charge in [0.15, 0.2) is 6.29 Å². The molecule has 6 nitrogen and oxygen atoms in total. The molecule has 2 fully saturated rings. The number of rotatable bonds is 6. The van der Waals surface area contributed by atoms with Crippen molar-refractivity contribution in [1.29, 1.82) is 5.41 Å². The van der Waals surface area contributed by atoms with Crippen molar-refractivity contribution >= 4 is 11.9 Å². The zero-order valence-electron chi connectivity index (χ0n) is 11.2. The molecule has 0 bridgehead atoms. The summed E-state index contributed by atoms with van der Waals surface area (Å²) < 4.78 is 10.4. The highest BCUT2D eigenvalue weighted by atomic mass is 16.7. The van der Waals surface area contributed by atoms with Gasteiger partial charge < -0.3 is 14.4 Å². The second-order valence-corrected chi connectivity index (χ2v) is 5.24. The van der Waals surface area contributed by atoms with Crippen molar-refractivity contribution in [2.75, 3.05) is 20.8 Å². The summed E-state index contributed by atoms with van der Waals surface area (Å²) in [5.41, 5.74) is -0.656. The van der Waals surface area contributed by atoms with Crippen molar-refractivity contribution in [2.24, 2.45) is 5.92 Å². The molecule has 1 unspecified atom stereocenters. The number of nitrogens with one attached hydrogen (secondary N) is 2. The Hall–Kier alpha value is -1.14. The van der Waals surface area contributed by atoms with E-state index < -0.39 is 11.8 Å². The molecular formula is C12H21N3O3. The van der Waals surface area contributed by atoms with E-state index in [4.69, 9.17) is 14.9 Å². The van der Waals surface area contributed by atoms with Gasteiger partial charge in [-0.3, -0.25) is 10.7 Å². The predicted octanol–water partition coefficient (Wildman–Crippen LogP) is 1.17. The average molecular weight is 255 g/mol. The molecule has 18 heavy (non-hydrogen) atoms. The van der Waals surface area contributed by atoms with Crippen LogP contribution in [0.1, 0.15) is 26.2 Å². The Balaban J connectivity index is 2.13. The molecule has 2 amide bonds. The average Bonchev–Trinajstić information content (AvgIpc) is 3.12. The molecule has 1 atom stereocenters. The van der Waals surface area contributed by atoms with Gasteiger partial charge in [0, 0.05) is 27.2 Å². The monoisotopic (exact) mass is 255 g/mol. The highest BCUT2D eigenvalue weighted by molar-refractivity contribution is 6.08. The molecule has 1 aliphatic heterocycles. The van der Waals surface area contributed by atoms with Crippen LogP contribution in [0.5, 0.6) is 0 Å². The molecule has 102 valence electrons. The molecule has 2 rings (SSSR count). The first-order valence-electron chi connectivity index (χ1n) is 6.24. The van der Waals surface area contributed by atoms with E-state index in [0.717, 1.165) is 0 Å². The third-order valence-electron chi connectivity index (χ3n) is 3.84. The summed E-state index contributed by atoms with van der Waals surface area (Å²) in [6, 6.07) is -0.180. The number of carbonyl (C=O) groups excluding carboxylic acids is 1. The van der Waals surface area contributed by atoms with Crippen LogP contribution in [0.4, 0.5) is 4.79 Å². The van der Waals surface area contributed by atoms with E-state index in [0.29, 0.717) is 18.9 Å². The zero-order valence-corrected chi connectivity index (χ0v) is 11.2. The number of nitrogens with zero attached hydrogens (tertiary/aromatic N) is 1. The Kier molecular flexibility index (Phi) is 3.59. The standard InChI is InChI=1S/C12H21N3O3/c1-12(6-9(17-2)18-3)10(13)14-11(16)15(12)7-8-4-5-8/h8-9H,4-7H2,1-3H3,(H2,13,14,16). The van der Waals surface area contributed by atoms with Crippen LogP contribution in [-0.2, 0) is 9.47 Å². The predicted molar refractivity (Wildman–Crippen MR) is 66.5 cm³/mol. The van der Waals surface area contributed by atoms with Gasteiger partial charge in [0.1, 0.15) is 11.4 Å². The number of carbonyl (C=O) groups is 1. The Morgan fingerprint density at radius 3 is 2.61 bits per heavy atom. The molecule has 1 aliphatic carbocycles. The van der Waals surface area contributed by atoms with Crippen LogP contribution in [0.15, 0.2) is 0 Å². The number of amides is 2. The number of amidine groups is 1. The number of urea groups is 1. The lowest BCUT2D eigenvalue weighted by molar-refractivity contribution is -0.118. The fourth-order valence-corrected chi connectivity index (χ4v) is 2.31. The molecule has 2 aliphatic rings. The van der Waals surface area contributed by atoms with Crippen molar-refractivity contribution in [3.8, 4) is 0 Å². The van der Waals surface area contributed by atoms with Gasteiger partial charge in [0.2, 0.25) is 0 Å². The molecule has 1 saturated carbocycles. The number of hydrogen-bond donors (Lipinski definition) is 2. The van der Waals surface area contributed by atoms with E-state index in [9.17, 15) is 4.79 Å². The lowest BCUT2D eigenvalue weighted by atomic mass is 9.95. The van der Waals surface area contributed by atoms with Crippen molar-refractivity contribution in [3.05, 3.63) is 0 Å². The Bertz CT molecular complexity index is 352. The maximum Gasteiger partial charge on any atom is 0.323 e. The summed E-state index contributed by atoms with van der Waals surface area (Å²) in [4.78, 5) is 13.7. The van der Waals surface area contributed by atoms with Crippen LogP contribution < -0.4 is 5.32 Å². The van der Waals surface area contributed by atoms with Crippen LogP contribution in [0.25, 0.3) is 0 Å². The first kappa shape index (κ1) is 13.3. The normalized spacial score (nSPS) is 28.1. The fraction of sp³-hybridized carbons (Fsp3) is 0.833. The van der Waals surface area contributed by atoms with Crippen molar-refractivity contribution in [1.82, 2.24) is 10.2 Å². The second-order valence-electron chi connectivity index (χ2n) is 5.24. The number of ether oxygens (including phenoxy) is 2. The Labute approximate surface area is 107 Å². The van der Waals surface area contributed by atoms with E-state index in [1.807, 2.05) is 6.92 Å². The smallest absolute Gasteiger partial charge is 0.323 e. The van der Waals surface area contributed by atoms with E-state index in [-0.39, 0.29) is 11.9 Å². The molecule has 2 N–H and O–H groups in total. The third-order valence-corrected chi connectivity index (χ3v) is 3.84. The second kappa shape index (κ2) is 4.85. The molecule has 1 saturated heterocycles. The first-order chi connectivity index (χ1) is 8.51. The molecule has 0 radical (unpaired) electrons. The SMILES string of the molecule is COC(CC1(C)C(=N)NC(=O)N1CC1CC1)OC. The van der Waals surface area contributed by atoms with Gasteiger partial charge in [-0.05, 0) is 25.7 Å². The largest absolute Gasteiger partial charge is 0.356 e. The van der Waals surface area contributed by atoms with Gasteiger partial charge in [0.05, 0.1) is 0 Å².